The molecule has 0 bridgehead atoms. The minimum atomic E-state index is 0.0234. The van der Waals surface area contributed by atoms with Crippen LogP contribution in [-0.2, 0) is 9.53 Å². The second-order valence-electron chi connectivity index (χ2n) is 3.33. The van der Waals surface area contributed by atoms with E-state index < -0.39 is 0 Å². The highest BCUT2D eigenvalue weighted by Gasteiger charge is 2.20. The summed E-state index contributed by atoms with van der Waals surface area (Å²) in [5.74, 6) is 0.112. The Labute approximate surface area is 84.7 Å². The van der Waals surface area contributed by atoms with Gasteiger partial charge in [-0.1, -0.05) is 6.58 Å². The predicted octanol–water partition coefficient (Wildman–Crippen LogP) is 0.405. The molecule has 1 rings (SSSR count). The molecule has 1 amide bonds. The molecule has 0 spiro atoms. The summed E-state index contributed by atoms with van der Waals surface area (Å²) >= 11 is 0. The van der Waals surface area contributed by atoms with Crippen LogP contribution in [0.1, 0.15) is 19.3 Å². The Morgan fingerprint density at radius 3 is 3.21 bits per heavy atom. The van der Waals surface area contributed by atoms with Crippen molar-refractivity contribution in [3.05, 3.63) is 12.8 Å². The van der Waals surface area contributed by atoms with Gasteiger partial charge in [0.2, 0.25) is 5.91 Å². The molecule has 0 unspecified atom stereocenters. The molecule has 0 saturated carbocycles. The topological polar surface area (TPSA) is 50.4 Å². The number of hydrogen-bond acceptors (Lipinski definition) is 3. The lowest BCUT2D eigenvalue weighted by Gasteiger charge is -2.10. The first-order valence-electron chi connectivity index (χ1n) is 5.08. The first kappa shape index (κ1) is 11.0. The van der Waals surface area contributed by atoms with E-state index in [1.807, 2.05) is 0 Å². The van der Waals surface area contributed by atoms with Gasteiger partial charge in [-0.15, -0.1) is 0 Å². The van der Waals surface area contributed by atoms with Crippen LogP contribution in [0.5, 0.6) is 0 Å². The van der Waals surface area contributed by atoms with E-state index in [0.717, 1.165) is 25.8 Å². The summed E-state index contributed by atoms with van der Waals surface area (Å²) in [4.78, 5) is 11.4. The number of nitrogens with one attached hydrogen (secondary N) is 2. The van der Waals surface area contributed by atoms with E-state index in [1.54, 1.807) is 0 Å². The smallest absolute Gasteiger partial charge is 0.237 e. The van der Waals surface area contributed by atoms with E-state index in [4.69, 9.17) is 4.74 Å². The second kappa shape index (κ2) is 6.43. The normalized spacial score (nSPS) is 20.4. The number of amides is 1. The van der Waals surface area contributed by atoms with Crippen LogP contribution in [0, 0.1) is 0 Å². The van der Waals surface area contributed by atoms with Crippen LogP contribution in [0.2, 0.25) is 0 Å². The van der Waals surface area contributed by atoms with E-state index in [2.05, 4.69) is 17.2 Å². The molecule has 1 atom stereocenters. The van der Waals surface area contributed by atoms with Gasteiger partial charge in [0.25, 0.3) is 0 Å². The van der Waals surface area contributed by atoms with Crippen molar-refractivity contribution in [2.24, 2.45) is 0 Å². The highest BCUT2D eigenvalue weighted by atomic mass is 16.5. The third-order valence-electron chi connectivity index (χ3n) is 2.23. The Balaban J connectivity index is 2.00. The van der Waals surface area contributed by atoms with Gasteiger partial charge < -0.3 is 15.4 Å². The summed E-state index contributed by atoms with van der Waals surface area (Å²) in [5, 5.41) is 6.02. The van der Waals surface area contributed by atoms with Gasteiger partial charge in [-0.3, -0.25) is 4.79 Å². The number of carbonyl (C=O) groups is 1. The second-order valence-corrected chi connectivity index (χ2v) is 3.33. The molecule has 14 heavy (non-hydrogen) atoms. The first-order valence-corrected chi connectivity index (χ1v) is 5.08. The van der Waals surface area contributed by atoms with E-state index in [0.29, 0.717) is 13.2 Å². The Morgan fingerprint density at radius 2 is 2.57 bits per heavy atom. The van der Waals surface area contributed by atoms with Crippen LogP contribution in [0.3, 0.4) is 0 Å². The van der Waals surface area contributed by atoms with Crippen LogP contribution < -0.4 is 10.6 Å². The Hall–Kier alpha value is -1.03. The summed E-state index contributed by atoms with van der Waals surface area (Å²) in [7, 11) is 0. The Bertz CT molecular complexity index is 189. The molecule has 0 aromatic carbocycles. The van der Waals surface area contributed by atoms with Crippen molar-refractivity contribution in [3.8, 4) is 0 Å². The predicted molar refractivity (Wildman–Crippen MR) is 54.8 cm³/mol. The number of ether oxygens (including phenoxy) is 1. The van der Waals surface area contributed by atoms with Crippen molar-refractivity contribution in [2.45, 2.75) is 25.3 Å². The van der Waals surface area contributed by atoms with Gasteiger partial charge in [-0.25, -0.2) is 0 Å². The molecule has 1 aliphatic rings. The van der Waals surface area contributed by atoms with Crippen molar-refractivity contribution in [3.63, 3.8) is 0 Å². The highest BCUT2D eigenvalue weighted by molar-refractivity contribution is 5.81. The summed E-state index contributed by atoms with van der Waals surface area (Å²) < 4.78 is 4.94. The lowest BCUT2D eigenvalue weighted by Crippen LogP contribution is -2.40. The maximum absolute atomic E-state index is 11.4. The maximum Gasteiger partial charge on any atom is 0.237 e. The number of carbonyl (C=O) groups excluding carboxylic acids is 1. The maximum atomic E-state index is 11.4. The summed E-state index contributed by atoms with van der Waals surface area (Å²) in [6.45, 7) is 5.68. The van der Waals surface area contributed by atoms with Gasteiger partial charge in [0.05, 0.1) is 18.9 Å². The largest absolute Gasteiger partial charge is 0.502 e. The molecule has 0 aromatic rings. The molecular formula is C10H18N2O2. The molecule has 1 fully saturated rings. The van der Waals surface area contributed by atoms with Gasteiger partial charge in [0.15, 0.2) is 0 Å². The van der Waals surface area contributed by atoms with Gasteiger partial charge in [0.1, 0.15) is 0 Å². The summed E-state index contributed by atoms with van der Waals surface area (Å²) in [6, 6.07) is 0.0234. The fourth-order valence-corrected chi connectivity index (χ4v) is 1.48. The third kappa shape index (κ3) is 3.79. The number of rotatable bonds is 6. The van der Waals surface area contributed by atoms with Crippen LogP contribution in [0.25, 0.3) is 0 Å². The molecule has 0 aliphatic carbocycles. The van der Waals surface area contributed by atoms with Gasteiger partial charge in [-0.05, 0) is 25.8 Å². The lowest BCUT2D eigenvalue weighted by molar-refractivity contribution is -0.122. The van der Waals surface area contributed by atoms with Crippen molar-refractivity contribution in [1.29, 1.82) is 0 Å². The van der Waals surface area contributed by atoms with Gasteiger partial charge in [0, 0.05) is 6.54 Å². The van der Waals surface area contributed by atoms with Crippen LogP contribution in [0.15, 0.2) is 12.8 Å². The van der Waals surface area contributed by atoms with Gasteiger partial charge in [-0.2, -0.15) is 0 Å². The third-order valence-corrected chi connectivity index (χ3v) is 2.23. The van der Waals surface area contributed by atoms with Gasteiger partial charge >= 0.3 is 0 Å². The summed E-state index contributed by atoms with van der Waals surface area (Å²) in [6.07, 6.45) is 4.29. The first-order chi connectivity index (χ1) is 6.84. The fourth-order valence-electron chi connectivity index (χ4n) is 1.48. The van der Waals surface area contributed by atoms with E-state index >= 15 is 0 Å². The minimum Gasteiger partial charge on any atom is -0.502 e. The Morgan fingerprint density at radius 1 is 1.71 bits per heavy atom. The lowest BCUT2D eigenvalue weighted by atomic mass is 10.2. The quantitative estimate of drug-likeness (QED) is 0.480. The monoisotopic (exact) mass is 198 g/mol. The van der Waals surface area contributed by atoms with Crippen LogP contribution in [-0.4, -0.2) is 31.6 Å². The average Bonchev–Trinajstić information content (AvgIpc) is 2.70. The molecular weight excluding hydrogens is 180 g/mol. The van der Waals surface area contributed by atoms with Crippen molar-refractivity contribution in [2.75, 3.05) is 19.7 Å². The van der Waals surface area contributed by atoms with E-state index in [9.17, 15) is 4.79 Å². The van der Waals surface area contributed by atoms with Crippen LogP contribution in [0.4, 0.5) is 0 Å². The standard InChI is InChI=1S/C10H18N2O2/c1-2-14-8-4-7-12-10(13)9-5-3-6-11-9/h2,9,11H,1,3-8H2,(H,12,13)/t9-/m1/s1. The zero-order valence-corrected chi connectivity index (χ0v) is 8.42. The molecule has 1 heterocycles. The zero-order valence-electron chi connectivity index (χ0n) is 8.42. The van der Waals surface area contributed by atoms with E-state index in [1.165, 1.54) is 6.26 Å². The molecule has 1 saturated heterocycles. The SMILES string of the molecule is C=COCCCNC(=O)[C@H]1CCCN1. The average molecular weight is 198 g/mol. The van der Waals surface area contributed by atoms with Crippen molar-refractivity contribution >= 4 is 5.91 Å². The van der Waals surface area contributed by atoms with E-state index in [-0.39, 0.29) is 11.9 Å². The molecule has 0 aromatic heterocycles. The van der Waals surface area contributed by atoms with Crippen molar-refractivity contribution in [1.82, 2.24) is 10.6 Å². The molecule has 4 heteroatoms. The molecule has 0 radical (unpaired) electrons. The van der Waals surface area contributed by atoms with Crippen molar-refractivity contribution < 1.29 is 9.53 Å². The number of hydrogen-bond donors (Lipinski definition) is 2. The molecule has 80 valence electrons. The zero-order chi connectivity index (χ0) is 10.2. The summed E-state index contributed by atoms with van der Waals surface area (Å²) in [5.41, 5.74) is 0. The molecule has 1 aliphatic heterocycles. The highest BCUT2D eigenvalue weighted by Crippen LogP contribution is 2.04. The molecule has 4 nitrogen and oxygen atoms in total. The minimum absolute atomic E-state index is 0.0234. The Kier molecular flexibility index (Phi) is 5.07. The molecule has 2 N–H and O–H groups in total. The fraction of sp³-hybridized carbons (Fsp3) is 0.700. The van der Waals surface area contributed by atoms with Crippen LogP contribution >= 0.6 is 0 Å².